The van der Waals surface area contributed by atoms with Crippen LogP contribution in [0, 0.1) is 11.3 Å². The highest BCUT2D eigenvalue weighted by atomic mass is 79.9. The van der Waals surface area contributed by atoms with E-state index < -0.39 is 0 Å². The fourth-order valence-corrected chi connectivity index (χ4v) is 1.66. The van der Waals surface area contributed by atoms with Crippen molar-refractivity contribution in [2.45, 2.75) is 25.8 Å². The zero-order valence-electron chi connectivity index (χ0n) is 8.90. The molecular formula is C11H12BrN3O. The lowest BCUT2D eigenvalue weighted by Crippen LogP contribution is -2.34. The van der Waals surface area contributed by atoms with Crippen molar-refractivity contribution in [3.63, 3.8) is 0 Å². The van der Waals surface area contributed by atoms with Crippen molar-refractivity contribution in [2.75, 3.05) is 0 Å². The van der Waals surface area contributed by atoms with E-state index in [1.54, 1.807) is 18.3 Å². The van der Waals surface area contributed by atoms with Crippen molar-refractivity contribution in [3.8, 4) is 6.07 Å². The van der Waals surface area contributed by atoms with Crippen molar-refractivity contribution in [1.82, 2.24) is 10.3 Å². The number of nitrogens with zero attached hydrogens (tertiary/aromatic N) is 2. The Bertz CT molecular complexity index is 414. The summed E-state index contributed by atoms with van der Waals surface area (Å²) in [5.74, 6) is -0.206. The number of pyridine rings is 1. The number of carbonyl (C=O) groups excluding carboxylic acids is 1. The quantitative estimate of drug-likeness (QED) is 0.861. The van der Waals surface area contributed by atoms with E-state index in [0.29, 0.717) is 16.6 Å². The van der Waals surface area contributed by atoms with E-state index in [2.05, 4.69) is 26.2 Å². The van der Waals surface area contributed by atoms with Crippen molar-refractivity contribution >= 4 is 21.8 Å². The molecule has 0 aliphatic heterocycles. The lowest BCUT2D eigenvalue weighted by atomic mass is 10.1. The monoisotopic (exact) mass is 281 g/mol. The molecule has 0 fully saturated rings. The number of halogens is 1. The minimum atomic E-state index is -0.206. The Labute approximate surface area is 103 Å². The summed E-state index contributed by atoms with van der Waals surface area (Å²) in [7, 11) is 0. The average molecular weight is 282 g/mol. The molecule has 0 spiro atoms. The molecule has 0 saturated heterocycles. The van der Waals surface area contributed by atoms with Crippen LogP contribution in [0.4, 0.5) is 0 Å². The van der Waals surface area contributed by atoms with E-state index >= 15 is 0 Å². The molecule has 1 heterocycles. The van der Waals surface area contributed by atoms with Gasteiger partial charge in [-0.1, -0.05) is 6.92 Å². The number of aromatic nitrogens is 1. The number of hydrogen-bond donors (Lipinski definition) is 1. The zero-order valence-corrected chi connectivity index (χ0v) is 10.5. The standard InChI is InChI=1S/C11H12BrN3O/c1-2-8(5-6-13)15-11(16)9-4-3-7-14-10(9)12/h3-4,7-8H,2,5H2,1H3,(H,15,16). The van der Waals surface area contributed by atoms with Crippen LogP contribution in [0.5, 0.6) is 0 Å². The highest BCUT2D eigenvalue weighted by molar-refractivity contribution is 9.10. The predicted octanol–water partition coefficient (Wildman–Crippen LogP) is 2.27. The van der Waals surface area contributed by atoms with Crippen LogP contribution in [0.15, 0.2) is 22.9 Å². The van der Waals surface area contributed by atoms with Crippen LogP contribution >= 0.6 is 15.9 Å². The van der Waals surface area contributed by atoms with Crippen molar-refractivity contribution in [1.29, 1.82) is 5.26 Å². The molecule has 1 atom stereocenters. The summed E-state index contributed by atoms with van der Waals surface area (Å²) < 4.78 is 0.513. The number of nitriles is 1. The molecule has 1 N–H and O–H groups in total. The molecule has 84 valence electrons. The second-order valence-electron chi connectivity index (χ2n) is 3.28. The Hall–Kier alpha value is -1.41. The maximum atomic E-state index is 11.8. The van der Waals surface area contributed by atoms with Crippen LogP contribution in [0.25, 0.3) is 0 Å². The average Bonchev–Trinajstić information content (AvgIpc) is 2.28. The molecule has 0 bridgehead atoms. The number of amides is 1. The lowest BCUT2D eigenvalue weighted by molar-refractivity contribution is 0.0935. The van der Waals surface area contributed by atoms with Gasteiger partial charge in [-0.05, 0) is 34.5 Å². The zero-order chi connectivity index (χ0) is 12.0. The van der Waals surface area contributed by atoms with Gasteiger partial charge in [-0.25, -0.2) is 4.98 Å². The second kappa shape index (κ2) is 6.23. The van der Waals surface area contributed by atoms with Gasteiger partial charge in [0.25, 0.3) is 5.91 Å². The molecular weight excluding hydrogens is 270 g/mol. The SMILES string of the molecule is CCC(CC#N)NC(=O)c1cccnc1Br. The highest BCUT2D eigenvalue weighted by Crippen LogP contribution is 2.12. The van der Waals surface area contributed by atoms with Crippen molar-refractivity contribution in [3.05, 3.63) is 28.5 Å². The first-order chi connectivity index (χ1) is 7.69. The largest absolute Gasteiger partial charge is 0.348 e. The van der Waals surface area contributed by atoms with Crippen LogP contribution in [0.3, 0.4) is 0 Å². The van der Waals surface area contributed by atoms with E-state index in [0.717, 1.165) is 6.42 Å². The van der Waals surface area contributed by atoms with Gasteiger partial charge < -0.3 is 5.32 Å². The third-order valence-electron chi connectivity index (χ3n) is 2.17. The third-order valence-corrected chi connectivity index (χ3v) is 2.80. The first-order valence-electron chi connectivity index (χ1n) is 4.97. The molecule has 0 aliphatic rings. The topological polar surface area (TPSA) is 65.8 Å². The van der Waals surface area contributed by atoms with E-state index in [1.807, 2.05) is 13.0 Å². The minimum Gasteiger partial charge on any atom is -0.348 e. The molecule has 1 rings (SSSR count). The summed E-state index contributed by atoms with van der Waals surface area (Å²) in [6.07, 6.45) is 2.66. The fourth-order valence-electron chi connectivity index (χ4n) is 1.23. The number of rotatable bonds is 4. The summed E-state index contributed by atoms with van der Waals surface area (Å²) in [4.78, 5) is 15.8. The first-order valence-corrected chi connectivity index (χ1v) is 5.76. The van der Waals surface area contributed by atoms with Crippen molar-refractivity contribution < 1.29 is 4.79 Å². The van der Waals surface area contributed by atoms with Gasteiger partial charge >= 0.3 is 0 Å². The number of hydrogen-bond acceptors (Lipinski definition) is 3. The van der Waals surface area contributed by atoms with Crippen molar-refractivity contribution in [2.24, 2.45) is 0 Å². The summed E-state index contributed by atoms with van der Waals surface area (Å²) in [6.45, 7) is 1.93. The molecule has 5 heteroatoms. The van der Waals surface area contributed by atoms with Crippen LogP contribution in [0.1, 0.15) is 30.1 Å². The second-order valence-corrected chi connectivity index (χ2v) is 4.03. The molecule has 4 nitrogen and oxygen atoms in total. The molecule has 1 amide bonds. The Morgan fingerprint density at radius 3 is 3.06 bits per heavy atom. The molecule has 1 aromatic heterocycles. The Morgan fingerprint density at radius 2 is 2.50 bits per heavy atom. The maximum absolute atomic E-state index is 11.8. The molecule has 0 aromatic carbocycles. The van der Waals surface area contributed by atoms with Gasteiger partial charge in [-0.2, -0.15) is 5.26 Å². The van der Waals surface area contributed by atoms with E-state index in [-0.39, 0.29) is 11.9 Å². The molecule has 16 heavy (non-hydrogen) atoms. The summed E-state index contributed by atoms with van der Waals surface area (Å²) in [5.41, 5.74) is 0.485. The first kappa shape index (κ1) is 12.7. The maximum Gasteiger partial charge on any atom is 0.254 e. The molecule has 1 unspecified atom stereocenters. The summed E-state index contributed by atoms with van der Waals surface area (Å²) in [6, 6.07) is 5.33. The van der Waals surface area contributed by atoms with Gasteiger partial charge in [-0.15, -0.1) is 0 Å². The van der Waals surface area contributed by atoms with Crippen LogP contribution in [-0.2, 0) is 0 Å². The van der Waals surface area contributed by atoms with E-state index in [4.69, 9.17) is 5.26 Å². The van der Waals surface area contributed by atoms with Gasteiger partial charge in [-0.3, -0.25) is 4.79 Å². The van der Waals surface area contributed by atoms with Gasteiger partial charge in [0.1, 0.15) is 4.60 Å². The lowest BCUT2D eigenvalue weighted by Gasteiger charge is -2.13. The Kier molecular flexibility index (Phi) is 4.93. The van der Waals surface area contributed by atoms with E-state index in [1.165, 1.54) is 0 Å². The number of carbonyl (C=O) groups is 1. The molecule has 0 radical (unpaired) electrons. The summed E-state index contributed by atoms with van der Waals surface area (Å²) >= 11 is 3.21. The Balaban J connectivity index is 2.73. The molecule has 1 aromatic rings. The van der Waals surface area contributed by atoms with Gasteiger partial charge in [0.05, 0.1) is 18.1 Å². The fraction of sp³-hybridized carbons (Fsp3) is 0.364. The van der Waals surface area contributed by atoms with Crippen LogP contribution < -0.4 is 5.32 Å². The van der Waals surface area contributed by atoms with Gasteiger partial charge in [0, 0.05) is 12.2 Å². The normalized spacial score (nSPS) is 11.6. The molecule has 0 aliphatic carbocycles. The van der Waals surface area contributed by atoms with E-state index in [9.17, 15) is 4.79 Å². The minimum absolute atomic E-state index is 0.107. The Morgan fingerprint density at radius 1 is 1.75 bits per heavy atom. The van der Waals surface area contributed by atoms with Gasteiger partial charge in [0.2, 0.25) is 0 Å². The summed E-state index contributed by atoms with van der Waals surface area (Å²) in [5, 5.41) is 11.4. The van der Waals surface area contributed by atoms with Gasteiger partial charge in [0.15, 0.2) is 0 Å². The van der Waals surface area contributed by atoms with Crippen LogP contribution in [-0.4, -0.2) is 16.9 Å². The predicted molar refractivity (Wildman–Crippen MR) is 63.7 cm³/mol. The number of nitrogens with one attached hydrogen (secondary N) is 1. The highest BCUT2D eigenvalue weighted by Gasteiger charge is 2.14. The molecule has 0 saturated carbocycles. The third kappa shape index (κ3) is 3.31. The van der Waals surface area contributed by atoms with Crippen LogP contribution in [0.2, 0.25) is 0 Å². The smallest absolute Gasteiger partial charge is 0.254 e.